The molecule has 8 heteroatoms. The van der Waals surface area contributed by atoms with E-state index in [4.69, 9.17) is 9.47 Å². The highest BCUT2D eigenvalue weighted by Gasteiger charge is 2.74. The Morgan fingerprint density at radius 2 is 0.853 bits per heavy atom. The summed E-state index contributed by atoms with van der Waals surface area (Å²) in [6, 6.07) is 11.8. The number of hydrogen-bond donors (Lipinski definition) is 0. The summed E-state index contributed by atoms with van der Waals surface area (Å²) >= 11 is 0. The van der Waals surface area contributed by atoms with Crippen molar-refractivity contribution in [1.82, 2.24) is 0 Å². The van der Waals surface area contributed by atoms with Gasteiger partial charge in [0.1, 0.15) is 10.8 Å². The Balaban J connectivity index is 2.04. The Labute approximate surface area is 195 Å². The summed E-state index contributed by atoms with van der Waals surface area (Å²) in [5, 5.41) is 0. The molecule has 0 radical (unpaired) electrons. The second-order valence-corrected chi connectivity index (χ2v) is 8.18. The highest BCUT2D eigenvalue weighted by atomic mass is 16.5. The number of benzene rings is 2. The highest BCUT2D eigenvalue weighted by molar-refractivity contribution is 6.41. The third-order valence-corrected chi connectivity index (χ3v) is 6.54. The van der Waals surface area contributed by atoms with Crippen LogP contribution < -0.4 is 0 Å². The van der Waals surface area contributed by atoms with Crippen LogP contribution in [0.3, 0.4) is 0 Å². The van der Waals surface area contributed by atoms with Crippen molar-refractivity contribution in [2.24, 2.45) is 10.8 Å². The molecule has 0 aromatic heterocycles. The minimum absolute atomic E-state index is 0.0170. The Kier molecular flexibility index (Phi) is 5.77. The molecule has 2 aliphatic rings. The molecule has 0 heterocycles. The summed E-state index contributed by atoms with van der Waals surface area (Å²) in [6.45, 7) is 3.01. The summed E-state index contributed by atoms with van der Waals surface area (Å²) in [7, 11) is 0. The van der Waals surface area contributed by atoms with Crippen molar-refractivity contribution >= 4 is 35.1 Å². The van der Waals surface area contributed by atoms with E-state index in [0.717, 1.165) is 0 Å². The van der Waals surface area contributed by atoms with Crippen LogP contribution in [0.15, 0.2) is 48.5 Å². The molecule has 2 aliphatic carbocycles. The minimum atomic E-state index is -2.48. The van der Waals surface area contributed by atoms with Crippen LogP contribution in [0, 0.1) is 10.8 Å². The van der Waals surface area contributed by atoms with Crippen LogP contribution in [0.1, 0.15) is 68.1 Å². The number of fused-ring (bicyclic) bond motifs is 2. The van der Waals surface area contributed by atoms with E-state index in [2.05, 4.69) is 0 Å². The van der Waals surface area contributed by atoms with E-state index in [1.807, 2.05) is 0 Å². The summed E-state index contributed by atoms with van der Waals surface area (Å²) < 4.78 is 10.1. The molecule has 0 saturated heterocycles. The second-order valence-electron chi connectivity index (χ2n) is 8.18. The summed E-state index contributed by atoms with van der Waals surface area (Å²) in [6.07, 6.45) is -1.73. The molecule has 2 aromatic carbocycles. The topological polar surface area (TPSA) is 121 Å². The molecule has 2 aromatic rings. The van der Waals surface area contributed by atoms with Crippen molar-refractivity contribution in [3.8, 4) is 0 Å². The molecule has 8 nitrogen and oxygen atoms in total. The van der Waals surface area contributed by atoms with Crippen LogP contribution >= 0.6 is 0 Å². The summed E-state index contributed by atoms with van der Waals surface area (Å²) in [4.78, 5) is 81.4. The fourth-order valence-corrected chi connectivity index (χ4v) is 5.14. The first-order valence-electron chi connectivity index (χ1n) is 10.9. The number of carbonyl (C=O) groups excluding carboxylic acids is 6. The van der Waals surface area contributed by atoms with E-state index in [0.29, 0.717) is 0 Å². The average Bonchev–Trinajstić information content (AvgIpc) is 3.17. The summed E-state index contributed by atoms with van der Waals surface area (Å²) in [5.41, 5.74) is -5.03. The number of ketones is 4. The van der Waals surface area contributed by atoms with Gasteiger partial charge >= 0.3 is 11.9 Å². The number of Topliss-reactive ketones (excluding diaryl/α,β-unsaturated/α-hetero) is 4. The maximum atomic E-state index is 14.0. The molecule has 0 amide bonds. The van der Waals surface area contributed by atoms with Gasteiger partial charge in [0.25, 0.3) is 0 Å². The second kappa shape index (κ2) is 8.44. The molecule has 0 atom stereocenters. The average molecular weight is 462 g/mol. The molecule has 0 bridgehead atoms. The van der Waals surface area contributed by atoms with Crippen molar-refractivity contribution in [2.75, 3.05) is 13.2 Å². The van der Waals surface area contributed by atoms with Gasteiger partial charge in [-0.2, -0.15) is 0 Å². The quantitative estimate of drug-likeness (QED) is 0.455. The molecular formula is C26H22O8. The van der Waals surface area contributed by atoms with Crippen LogP contribution in [0.4, 0.5) is 0 Å². The first kappa shape index (κ1) is 23.2. The molecule has 0 N–H and O–H groups in total. The number of esters is 2. The van der Waals surface area contributed by atoms with Crippen molar-refractivity contribution in [1.29, 1.82) is 0 Å². The van der Waals surface area contributed by atoms with Gasteiger partial charge in [-0.25, -0.2) is 0 Å². The van der Waals surface area contributed by atoms with E-state index < -0.39 is 58.7 Å². The van der Waals surface area contributed by atoms with E-state index in [9.17, 15) is 28.8 Å². The Morgan fingerprint density at radius 1 is 0.588 bits per heavy atom. The molecule has 174 valence electrons. The van der Waals surface area contributed by atoms with Gasteiger partial charge < -0.3 is 9.47 Å². The zero-order chi connectivity index (χ0) is 24.7. The van der Waals surface area contributed by atoms with Gasteiger partial charge in [-0.1, -0.05) is 48.5 Å². The van der Waals surface area contributed by atoms with Crippen molar-refractivity contribution in [2.45, 2.75) is 26.7 Å². The molecule has 0 fully saturated rings. The van der Waals surface area contributed by atoms with E-state index >= 15 is 0 Å². The van der Waals surface area contributed by atoms with Crippen LogP contribution in [0.5, 0.6) is 0 Å². The fraction of sp³-hybridized carbons (Fsp3) is 0.308. The van der Waals surface area contributed by atoms with Gasteiger partial charge in [-0.15, -0.1) is 0 Å². The SMILES string of the molecule is CCOC(=O)CC1(C2(CC(=O)OCC)C(=O)c3ccccc3C2=O)C(=O)c2ccccc2C1=O. The molecule has 0 aliphatic heterocycles. The van der Waals surface area contributed by atoms with Gasteiger partial charge in [-0.05, 0) is 13.8 Å². The molecule has 34 heavy (non-hydrogen) atoms. The van der Waals surface area contributed by atoms with Gasteiger partial charge in [0, 0.05) is 22.3 Å². The number of hydrogen-bond acceptors (Lipinski definition) is 8. The minimum Gasteiger partial charge on any atom is -0.466 e. The Bertz CT molecular complexity index is 1090. The van der Waals surface area contributed by atoms with Gasteiger partial charge in [-0.3, -0.25) is 28.8 Å². The fourth-order valence-electron chi connectivity index (χ4n) is 5.14. The lowest BCUT2D eigenvalue weighted by molar-refractivity contribution is -0.149. The van der Waals surface area contributed by atoms with E-state index in [1.165, 1.54) is 48.5 Å². The number of carbonyl (C=O) groups is 6. The molecular weight excluding hydrogens is 440 g/mol. The zero-order valence-corrected chi connectivity index (χ0v) is 18.7. The van der Waals surface area contributed by atoms with E-state index in [1.54, 1.807) is 13.8 Å². The third kappa shape index (κ3) is 2.98. The van der Waals surface area contributed by atoms with Crippen LogP contribution in [-0.2, 0) is 19.1 Å². The first-order chi connectivity index (χ1) is 16.3. The van der Waals surface area contributed by atoms with Gasteiger partial charge in [0.05, 0.1) is 26.1 Å². The lowest BCUT2D eigenvalue weighted by Crippen LogP contribution is -2.58. The maximum Gasteiger partial charge on any atom is 0.307 e. The highest BCUT2D eigenvalue weighted by Crippen LogP contribution is 2.59. The van der Waals surface area contributed by atoms with Crippen molar-refractivity contribution < 1.29 is 38.2 Å². The lowest BCUT2D eigenvalue weighted by atomic mass is 9.54. The van der Waals surface area contributed by atoms with Crippen molar-refractivity contribution in [3.63, 3.8) is 0 Å². The monoisotopic (exact) mass is 462 g/mol. The summed E-state index contributed by atoms with van der Waals surface area (Å²) in [5.74, 6) is -5.31. The predicted octanol–water partition coefficient (Wildman–Crippen LogP) is 3.02. The van der Waals surface area contributed by atoms with Crippen LogP contribution in [0.25, 0.3) is 0 Å². The van der Waals surface area contributed by atoms with Crippen molar-refractivity contribution in [3.05, 3.63) is 70.8 Å². The largest absolute Gasteiger partial charge is 0.466 e. The first-order valence-corrected chi connectivity index (χ1v) is 10.9. The predicted molar refractivity (Wildman–Crippen MR) is 118 cm³/mol. The maximum absolute atomic E-state index is 14.0. The van der Waals surface area contributed by atoms with Gasteiger partial charge in [0.15, 0.2) is 23.1 Å². The van der Waals surface area contributed by atoms with Crippen LogP contribution in [0.2, 0.25) is 0 Å². The molecule has 0 spiro atoms. The molecule has 0 unspecified atom stereocenters. The molecule has 0 saturated carbocycles. The van der Waals surface area contributed by atoms with E-state index in [-0.39, 0.29) is 35.5 Å². The van der Waals surface area contributed by atoms with Crippen LogP contribution in [-0.4, -0.2) is 48.3 Å². The number of rotatable bonds is 7. The van der Waals surface area contributed by atoms with Gasteiger partial charge in [0.2, 0.25) is 0 Å². The lowest BCUT2D eigenvalue weighted by Gasteiger charge is -2.40. The normalized spacial score (nSPS) is 17.4. The molecule has 4 rings (SSSR count). The zero-order valence-electron chi connectivity index (χ0n) is 18.7. The number of ether oxygens (including phenoxy) is 2. The smallest absolute Gasteiger partial charge is 0.307 e. The third-order valence-electron chi connectivity index (χ3n) is 6.54. The standard InChI is InChI=1S/C26H22O8/c1-3-33-19(27)13-25(21(29)15-9-5-6-10-16(15)22(25)30)26(14-20(28)34-4-2)23(31)17-11-7-8-12-18(17)24(26)32/h5-12H,3-4,13-14H2,1-2H3. The Hall–Kier alpha value is -3.94. The Morgan fingerprint density at radius 3 is 1.09 bits per heavy atom.